The number of hydrogen-bond acceptors (Lipinski definition) is 7. The van der Waals surface area contributed by atoms with Crippen LogP contribution in [0.1, 0.15) is 29.2 Å². The first-order valence-corrected chi connectivity index (χ1v) is 12.0. The molecule has 0 aliphatic carbocycles. The lowest BCUT2D eigenvalue weighted by Gasteiger charge is -2.30. The van der Waals surface area contributed by atoms with E-state index >= 15 is 0 Å². The molecule has 0 saturated carbocycles. The van der Waals surface area contributed by atoms with Gasteiger partial charge in [-0.25, -0.2) is 8.42 Å². The normalized spacial score (nSPS) is 17.7. The minimum atomic E-state index is -3.64. The van der Waals surface area contributed by atoms with Crippen LogP contribution in [0.3, 0.4) is 0 Å². The van der Waals surface area contributed by atoms with Crippen molar-refractivity contribution in [3.63, 3.8) is 0 Å². The van der Waals surface area contributed by atoms with Crippen LogP contribution in [0.2, 0.25) is 0 Å². The van der Waals surface area contributed by atoms with Crippen LogP contribution in [0.25, 0.3) is 0 Å². The molecule has 10 heteroatoms. The highest BCUT2D eigenvalue weighted by atomic mass is 32.2. The Morgan fingerprint density at radius 3 is 2.80 bits per heavy atom. The van der Waals surface area contributed by atoms with Crippen LogP contribution in [0.5, 0.6) is 0 Å². The van der Waals surface area contributed by atoms with Crippen LogP contribution in [-0.2, 0) is 21.2 Å². The fourth-order valence-electron chi connectivity index (χ4n) is 3.38. The summed E-state index contributed by atoms with van der Waals surface area (Å²) < 4.78 is 32.8. The molecular formula is C20H22N4O4S2. The number of carbonyl (C=O) groups excluding carboxylic acids is 1. The lowest BCUT2D eigenvalue weighted by Crippen LogP contribution is -2.43. The standard InChI is InChI=1S/C20H22N4O4S2/c1-14-6-8-17(9-7-14)30(26,27)24-10-2-4-15(13-24)19(25)21-20-23-22-18(28-20)12-16-5-3-11-29-16/h3,5-9,11,15H,2,4,10,12-13H2,1H3,(H,21,23,25)/t15-/m0/s1. The lowest BCUT2D eigenvalue weighted by atomic mass is 9.99. The van der Waals surface area contributed by atoms with Gasteiger partial charge in [-0.15, -0.1) is 16.4 Å². The zero-order valence-corrected chi connectivity index (χ0v) is 18.1. The molecule has 1 N–H and O–H groups in total. The summed E-state index contributed by atoms with van der Waals surface area (Å²) in [5.74, 6) is -0.378. The van der Waals surface area contributed by atoms with Crippen LogP contribution in [0.4, 0.5) is 6.01 Å². The Bertz CT molecular complexity index is 1110. The molecule has 1 fully saturated rings. The smallest absolute Gasteiger partial charge is 0.322 e. The predicted octanol–water partition coefficient (Wildman–Crippen LogP) is 3.07. The zero-order chi connectivity index (χ0) is 21.1. The summed E-state index contributed by atoms with van der Waals surface area (Å²) in [4.78, 5) is 14.0. The largest absolute Gasteiger partial charge is 0.407 e. The van der Waals surface area contributed by atoms with E-state index in [1.54, 1.807) is 35.6 Å². The molecule has 3 heterocycles. The third-order valence-corrected chi connectivity index (χ3v) is 7.77. The monoisotopic (exact) mass is 446 g/mol. The summed E-state index contributed by atoms with van der Waals surface area (Å²) >= 11 is 1.59. The Hall–Kier alpha value is -2.56. The summed E-state index contributed by atoms with van der Waals surface area (Å²) in [5, 5.41) is 12.4. The van der Waals surface area contributed by atoms with Crippen molar-refractivity contribution in [1.29, 1.82) is 0 Å². The molecule has 30 heavy (non-hydrogen) atoms. The second-order valence-electron chi connectivity index (χ2n) is 7.26. The SMILES string of the molecule is Cc1ccc(S(=O)(=O)N2CCC[C@H](C(=O)Nc3nnc(Cc4cccs4)o3)C2)cc1. The molecule has 1 aromatic carbocycles. The number of nitrogens with one attached hydrogen (secondary N) is 1. The van der Waals surface area contributed by atoms with E-state index in [4.69, 9.17) is 4.42 Å². The highest BCUT2D eigenvalue weighted by Crippen LogP contribution is 2.25. The van der Waals surface area contributed by atoms with E-state index < -0.39 is 15.9 Å². The molecule has 1 saturated heterocycles. The van der Waals surface area contributed by atoms with Crippen molar-refractivity contribution in [2.24, 2.45) is 5.92 Å². The first-order valence-electron chi connectivity index (χ1n) is 9.64. The molecule has 1 amide bonds. The van der Waals surface area contributed by atoms with E-state index in [2.05, 4.69) is 15.5 Å². The second-order valence-corrected chi connectivity index (χ2v) is 10.2. The van der Waals surface area contributed by atoms with Gasteiger partial charge in [0.25, 0.3) is 0 Å². The Labute approximate surface area is 179 Å². The molecule has 0 unspecified atom stereocenters. The molecule has 4 rings (SSSR count). The number of nitrogens with zero attached hydrogens (tertiary/aromatic N) is 3. The Balaban J connectivity index is 1.40. The maximum absolute atomic E-state index is 12.9. The van der Waals surface area contributed by atoms with Gasteiger partial charge < -0.3 is 4.42 Å². The molecule has 8 nitrogen and oxygen atoms in total. The van der Waals surface area contributed by atoms with E-state index in [9.17, 15) is 13.2 Å². The van der Waals surface area contributed by atoms with Crippen LogP contribution in [0.15, 0.2) is 51.1 Å². The number of hydrogen-bond donors (Lipinski definition) is 1. The van der Waals surface area contributed by atoms with E-state index in [-0.39, 0.29) is 23.4 Å². The van der Waals surface area contributed by atoms with Crippen LogP contribution < -0.4 is 5.32 Å². The number of amides is 1. The van der Waals surface area contributed by atoms with Crippen LogP contribution in [0, 0.1) is 12.8 Å². The fourth-order valence-corrected chi connectivity index (χ4v) is 5.60. The molecule has 0 spiro atoms. The van der Waals surface area contributed by atoms with Gasteiger partial charge in [-0.1, -0.05) is 28.9 Å². The van der Waals surface area contributed by atoms with Crippen molar-refractivity contribution in [3.05, 3.63) is 58.1 Å². The van der Waals surface area contributed by atoms with E-state index in [1.165, 1.54) is 4.31 Å². The van der Waals surface area contributed by atoms with Crippen molar-refractivity contribution in [3.8, 4) is 0 Å². The number of rotatable bonds is 6. The highest BCUT2D eigenvalue weighted by Gasteiger charge is 2.33. The quantitative estimate of drug-likeness (QED) is 0.624. The number of aromatic nitrogens is 2. The van der Waals surface area contributed by atoms with Gasteiger partial charge in [-0.3, -0.25) is 10.1 Å². The summed E-state index contributed by atoms with van der Waals surface area (Å²) in [6.45, 7) is 2.42. The first-order chi connectivity index (χ1) is 14.4. The van der Waals surface area contributed by atoms with Gasteiger partial charge in [0.2, 0.25) is 21.8 Å². The lowest BCUT2D eigenvalue weighted by molar-refractivity contribution is -0.121. The van der Waals surface area contributed by atoms with E-state index in [0.717, 1.165) is 10.4 Å². The topological polar surface area (TPSA) is 105 Å². The van der Waals surface area contributed by atoms with Gasteiger partial charge >= 0.3 is 6.01 Å². The Morgan fingerprint density at radius 1 is 1.27 bits per heavy atom. The minimum Gasteiger partial charge on any atom is -0.407 e. The summed E-state index contributed by atoms with van der Waals surface area (Å²) in [6, 6.07) is 10.7. The van der Waals surface area contributed by atoms with Gasteiger partial charge in [0, 0.05) is 18.0 Å². The van der Waals surface area contributed by atoms with Gasteiger partial charge in [0.1, 0.15) is 0 Å². The fraction of sp³-hybridized carbons (Fsp3) is 0.350. The number of carbonyl (C=O) groups is 1. The van der Waals surface area contributed by atoms with Gasteiger partial charge in [-0.2, -0.15) is 4.31 Å². The highest BCUT2D eigenvalue weighted by molar-refractivity contribution is 7.89. The molecule has 0 radical (unpaired) electrons. The third-order valence-electron chi connectivity index (χ3n) is 5.02. The molecule has 1 atom stereocenters. The maximum atomic E-state index is 12.9. The average molecular weight is 447 g/mol. The van der Waals surface area contributed by atoms with Crippen molar-refractivity contribution in [2.45, 2.75) is 31.1 Å². The summed E-state index contributed by atoms with van der Waals surface area (Å²) in [5.41, 5.74) is 0.989. The number of sulfonamides is 1. The number of piperidine rings is 1. The van der Waals surface area contributed by atoms with E-state index in [0.29, 0.717) is 31.7 Å². The number of aryl methyl sites for hydroxylation is 1. The number of anilines is 1. The molecule has 0 bridgehead atoms. The average Bonchev–Trinajstić information content (AvgIpc) is 3.41. The minimum absolute atomic E-state index is 0.0325. The van der Waals surface area contributed by atoms with E-state index in [1.807, 2.05) is 24.4 Å². The third kappa shape index (κ3) is 4.61. The zero-order valence-electron chi connectivity index (χ0n) is 16.4. The molecule has 1 aliphatic heterocycles. The molecule has 1 aliphatic rings. The molecule has 3 aromatic rings. The van der Waals surface area contributed by atoms with Gasteiger partial charge in [0.15, 0.2) is 0 Å². The van der Waals surface area contributed by atoms with Crippen molar-refractivity contribution < 1.29 is 17.6 Å². The van der Waals surface area contributed by atoms with Crippen molar-refractivity contribution in [2.75, 3.05) is 18.4 Å². The summed E-state index contributed by atoms with van der Waals surface area (Å²) in [7, 11) is -3.64. The van der Waals surface area contributed by atoms with Gasteiger partial charge in [-0.05, 0) is 43.3 Å². The van der Waals surface area contributed by atoms with Crippen molar-refractivity contribution >= 4 is 33.3 Å². The summed E-state index contributed by atoms with van der Waals surface area (Å²) in [6.07, 6.45) is 1.71. The molecular weight excluding hydrogens is 424 g/mol. The van der Waals surface area contributed by atoms with Gasteiger partial charge in [0.05, 0.1) is 17.2 Å². The Morgan fingerprint density at radius 2 is 2.07 bits per heavy atom. The number of thiophene rings is 1. The second kappa shape index (κ2) is 8.66. The Kier molecular flexibility index (Phi) is 5.98. The molecule has 2 aromatic heterocycles. The van der Waals surface area contributed by atoms with Crippen LogP contribution >= 0.6 is 11.3 Å². The number of benzene rings is 1. The maximum Gasteiger partial charge on any atom is 0.322 e. The van der Waals surface area contributed by atoms with Crippen molar-refractivity contribution in [1.82, 2.24) is 14.5 Å². The van der Waals surface area contributed by atoms with Crippen LogP contribution in [-0.4, -0.2) is 41.9 Å². The first kappa shape index (κ1) is 20.7. The predicted molar refractivity (Wildman–Crippen MR) is 113 cm³/mol. The molecule has 158 valence electrons.